The molecule has 0 aromatic heterocycles. The third-order valence-electron chi connectivity index (χ3n) is 8.95. The molecular formula is C28H29NO4. The van der Waals surface area contributed by atoms with Crippen molar-refractivity contribution in [1.82, 2.24) is 4.90 Å². The standard InChI is InChI=1S/C28H29NO4/c1-16-2-4-17(5-3-16)12-20-14-28(32)22-13-19-8-9-21(30)25-23(19)27(28,26(33-25)24(20)31)10-11-29(22)15-18-6-7-18/h2-5,8-9,12,18,22,26,30,32H,6-7,10-11,13-15H2,1H3/t22-,26+,27+,28-/m1/s1. The fraction of sp³-hybridized carbons (Fsp3) is 0.464. The number of hydrogen-bond acceptors (Lipinski definition) is 5. The van der Waals surface area contributed by atoms with E-state index < -0.39 is 17.1 Å². The maximum absolute atomic E-state index is 13.8. The molecule has 0 amide bonds. The second-order valence-electron chi connectivity index (χ2n) is 10.9. The Morgan fingerprint density at radius 2 is 1.97 bits per heavy atom. The minimum Gasteiger partial charge on any atom is -0.504 e. The van der Waals surface area contributed by atoms with Gasteiger partial charge in [-0.25, -0.2) is 0 Å². The average molecular weight is 444 g/mol. The molecule has 2 aliphatic heterocycles. The van der Waals surface area contributed by atoms with E-state index in [1.54, 1.807) is 6.07 Å². The molecule has 2 bridgehead atoms. The summed E-state index contributed by atoms with van der Waals surface area (Å²) in [6.07, 6.45) is 5.38. The molecule has 1 spiro atoms. The molecule has 2 aromatic carbocycles. The molecule has 2 saturated carbocycles. The number of carbonyl (C=O) groups is 1. The molecule has 5 heteroatoms. The van der Waals surface area contributed by atoms with Crippen LogP contribution in [-0.4, -0.2) is 51.7 Å². The van der Waals surface area contributed by atoms with Crippen molar-refractivity contribution in [3.63, 3.8) is 0 Å². The molecule has 5 aliphatic rings. The predicted octanol–water partition coefficient (Wildman–Crippen LogP) is 3.53. The van der Waals surface area contributed by atoms with Crippen LogP contribution < -0.4 is 4.74 Å². The number of ether oxygens (including phenoxy) is 1. The third-order valence-corrected chi connectivity index (χ3v) is 8.95. The first-order valence-corrected chi connectivity index (χ1v) is 12.2. The van der Waals surface area contributed by atoms with Crippen molar-refractivity contribution in [3.8, 4) is 11.5 Å². The average Bonchev–Trinajstić information content (AvgIpc) is 3.53. The van der Waals surface area contributed by atoms with Gasteiger partial charge >= 0.3 is 0 Å². The Kier molecular flexibility index (Phi) is 3.89. The number of phenolic OH excluding ortho intramolecular Hbond substituents is 1. The maximum atomic E-state index is 13.8. The van der Waals surface area contributed by atoms with E-state index in [-0.39, 0.29) is 17.6 Å². The number of Topliss-reactive ketones (excluding diaryl/α,β-unsaturated/α-hetero) is 1. The van der Waals surface area contributed by atoms with Gasteiger partial charge in [-0.3, -0.25) is 9.69 Å². The molecule has 2 N–H and O–H groups in total. The van der Waals surface area contributed by atoms with Gasteiger partial charge in [0.2, 0.25) is 0 Å². The molecule has 2 aromatic rings. The Balaban J connectivity index is 1.40. The lowest BCUT2D eigenvalue weighted by atomic mass is 9.48. The van der Waals surface area contributed by atoms with Crippen LogP contribution in [0.15, 0.2) is 42.0 Å². The summed E-state index contributed by atoms with van der Waals surface area (Å²) in [5.74, 6) is 1.14. The lowest BCUT2D eigenvalue weighted by Gasteiger charge is -2.62. The quantitative estimate of drug-likeness (QED) is 0.711. The van der Waals surface area contributed by atoms with Crippen molar-refractivity contribution in [2.75, 3.05) is 13.1 Å². The summed E-state index contributed by atoms with van der Waals surface area (Å²) in [6, 6.07) is 11.7. The van der Waals surface area contributed by atoms with E-state index in [2.05, 4.69) is 4.90 Å². The zero-order valence-electron chi connectivity index (χ0n) is 18.9. The molecule has 2 heterocycles. The van der Waals surface area contributed by atoms with Crippen LogP contribution in [0.4, 0.5) is 0 Å². The van der Waals surface area contributed by atoms with Crippen LogP contribution in [0, 0.1) is 12.8 Å². The Morgan fingerprint density at radius 1 is 1.18 bits per heavy atom. The van der Waals surface area contributed by atoms with Crippen LogP contribution in [-0.2, 0) is 16.6 Å². The van der Waals surface area contributed by atoms with Crippen molar-refractivity contribution in [3.05, 3.63) is 64.2 Å². The normalized spacial score (nSPS) is 35.5. The van der Waals surface area contributed by atoms with E-state index >= 15 is 0 Å². The first-order chi connectivity index (χ1) is 15.9. The van der Waals surface area contributed by atoms with Gasteiger partial charge in [0.25, 0.3) is 0 Å². The summed E-state index contributed by atoms with van der Waals surface area (Å²) in [7, 11) is 0. The number of phenols is 1. The van der Waals surface area contributed by atoms with Crippen LogP contribution in [0.5, 0.6) is 11.5 Å². The second-order valence-corrected chi connectivity index (χ2v) is 10.9. The van der Waals surface area contributed by atoms with Gasteiger partial charge in [0.15, 0.2) is 23.4 Å². The first kappa shape index (κ1) is 19.8. The topological polar surface area (TPSA) is 70.0 Å². The Morgan fingerprint density at radius 3 is 2.73 bits per heavy atom. The van der Waals surface area contributed by atoms with Gasteiger partial charge in [0.05, 0.1) is 11.0 Å². The molecule has 0 unspecified atom stereocenters. The van der Waals surface area contributed by atoms with Gasteiger partial charge in [-0.05, 0) is 68.3 Å². The Hall–Kier alpha value is -2.63. The molecule has 3 aliphatic carbocycles. The summed E-state index contributed by atoms with van der Waals surface area (Å²) in [5.41, 5.74) is 2.84. The van der Waals surface area contributed by atoms with Gasteiger partial charge in [-0.15, -0.1) is 0 Å². The Labute approximate surface area is 193 Å². The molecule has 170 valence electrons. The van der Waals surface area contributed by atoms with Crippen molar-refractivity contribution >= 4 is 11.9 Å². The second kappa shape index (κ2) is 6.49. The summed E-state index contributed by atoms with van der Waals surface area (Å²) in [5, 5.41) is 23.3. The number of rotatable bonds is 3. The number of ketones is 1. The van der Waals surface area contributed by atoms with Crippen LogP contribution in [0.1, 0.15) is 47.9 Å². The SMILES string of the molecule is Cc1ccc(C=C2C[C@@]3(O)[C@H]4Cc5ccc(O)c6c5[C@@]3(CCN4CC3CC3)[C@@H](O6)C2=O)cc1. The van der Waals surface area contributed by atoms with Crippen LogP contribution in [0.25, 0.3) is 6.08 Å². The minimum absolute atomic E-state index is 0.0573. The minimum atomic E-state index is -1.11. The Bertz CT molecular complexity index is 1210. The number of piperidine rings is 1. The zero-order valence-corrected chi connectivity index (χ0v) is 18.9. The highest BCUT2D eigenvalue weighted by molar-refractivity contribution is 6.06. The van der Waals surface area contributed by atoms with E-state index in [0.717, 1.165) is 42.1 Å². The molecule has 4 atom stereocenters. The van der Waals surface area contributed by atoms with Crippen molar-refractivity contribution < 1.29 is 19.7 Å². The monoisotopic (exact) mass is 443 g/mol. The lowest BCUT2D eigenvalue weighted by Crippen LogP contribution is -2.77. The highest BCUT2D eigenvalue weighted by atomic mass is 16.5. The van der Waals surface area contributed by atoms with Gasteiger partial charge in [-0.1, -0.05) is 35.9 Å². The molecule has 7 rings (SSSR count). The van der Waals surface area contributed by atoms with E-state index in [1.807, 2.05) is 43.3 Å². The van der Waals surface area contributed by atoms with Crippen LogP contribution >= 0.6 is 0 Å². The number of benzene rings is 2. The fourth-order valence-corrected chi connectivity index (χ4v) is 7.17. The first-order valence-electron chi connectivity index (χ1n) is 12.2. The maximum Gasteiger partial charge on any atom is 0.200 e. The fourth-order valence-electron chi connectivity index (χ4n) is 7.17. The van der Waals surface area contributed by atoms with E-state index in [1.165, 1.54) is 18.4 Å². The number of nitrogens with zero attached hydrogens (tertiary/aromatic N) is 1. The van der Waals surface area contributed by atoms with Gasteiger partial charge in [-0.2, -0.15) is 0 Å². The largest absolute Gasteiger partial charge is 0.504 e. The third kappa shape index (κ3) is 2.52. The summed E-state index contributed by atoms with van der Waals surface area (Å²) in [4.78, 5) is 16.3. The summed E-state index contributed by atoms with van der Waals surface area (Å²) >= 11 is 0. The van der Waals surface area contributed by atoms with E-state index in [4.69, 9.17) is 4.74 Å². The highest BCUT2D eigenvalue weighted by Crippen LogP contribution is 2.65. The molecular weight excluding hydrogens is 414 g/mol. The molecule has 33 heavy (non-hydrogen) atoms. The van der Waals surface area contributed by atoms with Crippen molar-refractivity contribution in [1.29, 1.82) is 0 Å². The molecule has 3 fully saturated rings. The highest BCUT2D eigenvalue weighted by Gasteiger charge is 2.74. The van der Waals surface area contributed by atoms with Crippen molar-refractivity contribution in [2.45, 2.75) is 62.2 Å². The lowest BCUT2D eigenvalue weighted by molar-refractivity contribution is -0.179. The molecule has 5 nitrogen and oxygen atoms in total. The predicted molar refractivity (Wildman–Crippen MR) is 124 cm³/mol. The van der Waals surface area contributed by atoms with Gasteiger partial charge in [0.1, 0.15) is 0 Å². The van der Waals surface area contributed by atoms with E-state index in [0.29, 0.717) is 24.2 Å². The van der Waals surface area contributed by atoms with Gasteiger partial charge in [0, 0.05) is 30.1 Å². The number of aliphatic hydroxyl groups is 1. The number of hydrogen-bond donors (Lipinski definition) is 2. The number of aromatic hydroxyl groups is 1. The van der Waals surface area contributed by atoms with Crippen LogP contribution in [0.2, 0.25) is 0 Å². The van der Waals surface area contributed by atoms with Gasteiger partial charge < -0.3 is 14.9 Å². The number of aryl methyl sites for hydroxylation is 1. The smallest absolute Gasteiger partial charge is 0.200 e. The molecule has 1 saturated heterocycles. The van der Waals surface area contributed by atoms with Crippen LogP contribution in [0.3, 0.4) is 0 Å². The number of likely N-dealkylation sites (tertiary alicyclic amines) is 1. The van der Waals surface area contributed by atoms with Crippen molar-refractivity contribution in [2.24, 2.45) is 5.92 Å². The number of carbonyl (C=O) groups excluding carboxylic acids is 1. The molecule has 0 radical (unpaired) electrons. The van der Waals surface area contributed by atoms with E-state index in [9.17, 15) is 15.0 Å². The summed E-state index contributed by atoms with van der Waals surface area (Å²) < 4.78 is 6.28. The zero-order chi connectivity index (χ0) is 22.5. The summed E-state index contributed by atoms with van der Waals surface area (Å²) in [6.45, 7) is 3.91.